The number of ether oxygens (including phenoxy) is 1. The summed E-state index contributed by atoms with van der Waals surface area (Å²) in [4.78, 5) is 2.57. The first-order valence-corrected chi connectivity index (χ1v) is 6.77. The molecule has 0 saturated carbocycles. The van der Waals surface area contributed by atoms with E-state index >= 15 is 0 Å². The molecule has 17 heavy (non-hydrogen) atoms. The van der Waals surface area contributed by atoms with Gasteiger partial charge < -0.3 is 4.74 Å². The molecule has 3 rings (SSSR count). The molecule has 2 aliphatic heterocycles. The number of rotatable bonds is 1. The average Bonchev–Trinajstić information content (AvgIpc) is 2.69. The molecule has 1 unspecified atom stereocenters. The Kier molecular flexibility index (Phi) is 3.17. The predicted molar refractivity (Wildman–Crippen MR) is 68.6 cm³/mol. The molecule has 0 N–H and O–H groups in total. The fourth-order valence-corrected chi connectivity index (χ4v) is 3.05. The normalized spacial score (nSPS) is 34.3. The van der Waals surface area contributed by atoms with Crippen LogP contribution in [0.5, 0.6) is 0 Å². The summed E-state index contributed by atoms with van der Waals surface area (Å²) in [7, 11) is 0. The fraction of sp³-hybridized carbons (Fsp3) is 0.600. The maximum Gasteiger partial charge on any atom is 0.111 e. The van der Waals surface area contributed by atoms with Crippen LogP contribution in [0.25, 0.3) is 0 Å². The Bertz CT molecular complexity index is 364. The molecule has 2 heteroatoms. The molecule has 1 aromatic rings. The predicted octanol–water partition coefficient (Wildman–Crippen LogP) is 3.21. The van der Waals surface area contributed by atoms with E-state index in [1.165, 1.54) is 31.4 Å². The lowest BCUT2D eigenvalue weighted by molar-refractivity contribution is 0.0301. The molecule has 0 spiro atoms. The van der Waals surface area contributed by atoms with Gasteiger partial charge in [-0.25, -0.2) is 0 Å². The third-order valence-electron chi connectivity index (χ3n) is 4.19. The van der Waals surface area contributed by atoms with Crippen molar-refractivity contribution >= 4 is 0 Å². The molecule has 2 heterocycles. The average molecular weight is 231 g/mol. The van der Waals surface area contributed by atoms with Gasteiger partial charge in [0.15, 0.2) is 0 Å². The number of nitrogens with zero attached hydrogens (tertiary/aromatic N) is 1. The summed E-state index contributed by atoms with van der Waals surface area (Å²) in [6, 6.07) is 11.3. The van der Waals surface area contributed by atoms with Crippen molar-refractivity contribution in [1.82, 2.24) is 4.90 Å². The summed E-state index contributed by atoms with van der Waals surface area (Å²) in [5.41, 5.74) is 1.41. The Labute approximate surface area is 104 Å². The smallest absolute Gasteiger partial charge is 0.111 e. The monoisotopic (exact) mass is 231 g/mol. The van der Waals surface area contributed by atoms with E-state index in [1.54, 1.807) is 0 Å². The highest BCUT2D eigenvalue weighted by Crippen LogP contribution is 2.35. The van der Waals surface area contributed by atoms with Gasteiger partial charge in [-0.15, -0.1) is 0 Å². The van der Waals surface area contributed by atoms with Crippen LogP contribution in [0.4, 0.5) is 0 Å². The van der Waals surface area contributed by atoms with E-state index in [2.05, 4.69) is 42.2 Å². The largest absolute Gasteiger partial charge is 0.361 e. The van der Waals surface area contributed by atoms with Crippen molar-refractivity contribution in [2.24, 2.45) is 5.92 Å². The van der Waals surface area contributed by atoms with Crippen molar-refractivity contribution in [1.29, 1.82) is 0 Å². The number of benzene rings is 1. The van der Waals surface area contributed by atoms with Crippen molar-refractivity contribution in [3.8, 4) is 0 Å². The SMILES string of the molecule is C[C@H]1CCC2OC[C@H](c3ccccc3)N2CC1. The van der Waals surface area contributed by atoms with Gasteiger partial charge in [0.25, 0.3) is 0 Å². The van der Waals surface area contributed by atoms with Gasteiger partial charge in [0, 0.05) is 6.54 Å². The van der Waals surface area contributed by atoms with Crippen molar-refractivity contribution in [2.45, 2.75) is 38.5 Å². The number of hydrogen-bond acceptors (Lipinski definition) is 2. The topological polar surface area (TPSA) is 12.5 Å². The van der Waals surface area contributed by atoms with Gasteiger partial charge in [-0.1, -0.05) is 37.3 Å². The maximum absolute atomic E-state index is 5.98. The Morgan fingerprint density at radius 1 is 1.12 bits per heavy atom. The Morgan fingerprint density at radius 2 is 1.94 bits per heavy atom. The Hall–Kier alpha value is -0.860. The lowest BCUT2D eigenvalue weighted by Gasteiger charge is -2.26. The summed E-state index contributed by atoms with van der Waals surface area (Å²) in [6.45, 7) is 4.41. The molecule has 2 nitrogen and oxygen atoms in total. The second-order valence-electron chi connectivity index (χ2n) is 5.42. The van der Waals surface area contributed by atoms with Gasteiger partial charge in [0.05, 0.1) is 12.6 Å². The van der Waals surface area contributed by atoms with Crippen LogP contribution in [0, 0.1) is 5.92 Å². The summed E-state index contributed by atoms with van der Waals surface area (Å²) in [5, 5.41) is 0. The van der Waals surface area contributed by atoms with Crippen LogP contribution < -0.4 is 0 Å². The zero-order valence-electron chi connectivity index (χ0n) is 10.5. The minimum Gasteiger partial charge on any atom is -0.361 e. The number of fused-ring (bicyclic) bond motifs is 1. The maximum atomic E-state index is 5.98. The summed E-state index contributed by atoms with van der Waals surface area (Å²) in [6.07, 6.45) is 4.18. The van der Waals surface area contributed by atoms with Gasteiger partial charge >= 0.3 is 0 Å². The first-order chi connectivity index (χ1) is 8.34. The number of hydrogen-bond donors (Lipinski definition) is 0. The van der Waals surface area contributed by atoms with Crippen LogP contribution in [0.1, 0.15) is 37.8 Å². The Morgan fingerprint density at radius 3 is 2.76 bits per heavy atom. The van der Waals surface area contributed by atoms with E-state index < -0.39 is 0 Å². The molecule has 2 aliphatic rings. The quantitative estimate of drug-likeness (QED) is 0.736. The molecule has 0 aliphatic carbocycles. The minimum atomic E-state index is 0.366. The summed E-state index contributed by atoms with van der Waals surface area (Å²) >= 11 is 0. The minimum absolute atomic E-state index is 0.366. The van der Waals surface area contributed by atoms with Crippen LogP contribution in [-0.4, -0.2) is 24.3 Å². The molecule has 0 radical (unpaired) electrons. The van der Waals surface area contributed by atoms with Gasteiger partial charge in [0.2, 0.25) is 0 Å². The van der Waals surface area contributed by atoms with E-state index in [1.807, 2.05) is 0 Å². The third kappa shape index (κ3) is 2.24. The molecule has 3 atom stereocenters. The van der Waals surface area contributed by atoms with Crippen LogP contribution in [0.15, 0.2) is 30.3 Å². The molecule has 1 aromatic carbocycles. The van der Waals surface area contributed by atoms with Crippen LogP contribution in [-0.2, 0) is 4.74 Å². The first-order valence-electron chi connectivity index (χ1n) is 6.77. The van der Waals surface area contributed by atoms with Gasteiger partial charge in [-0.2, -0.15) is 0 Å². The summed E-state index contributed by atoms with van der Waals surface area (Å²) < 4.78 is 5.98. The first kappa shape index (κ1) is 11.2. The van der Waals surface area contributed by atoms with Gasteiger partial charge in [0.1, 0.15) is 6.23 Å². The van der Waals surface area contributed by atoms with Gasteiger partial charge in [-0.05, 0) is 30.7 Å². The van der Waals surface area contributed by atoms with Crippen molar-refractivity contribution in [3.05, 3.63) is 35.9 Å². The highest BCUT2D eigenvalue weighted by molar-refractivity contribution is 5.20. The molecule has 0 aromatic heterocycles. The summed E-state index contributed by atoms with van der Waals surface area (Å²) in [5.74, 6) is 0.848. The van der Waals surface area contributed by atoms with E-state index in [9.17, 15) is 0 Å². The van der Waals surface area contributed by atoms with Crippen molar-refractivity contribution < 1.29 is 4.74 Å². The molecular formula is C15H21NO. The highest BCUT2D eigenvalue weighted by atomic mass is 16.5. The fourth-order valence-electron chi connectivity index (χ4n) is 3.05. The standard InChI is InChI=1S/C15H21NO/c1-12-7-8-15-16(10-9-12)14(11-17-15)13-5-3-2-4-6-13/h2-6,12,14-15H,7-11H2,1H3/t12-,14+,15?/m0/s1. The van der Waals surface area contributed by atoms with Crippen molar-refractivity contribution in [2.75, 3.05) is 13.2 Å². The molecule has 92 valence electrons. The van der Waals surface area contributed by atoms with E-state index in [-0.39, 0.29) is 0 Å². The van der Waals surface area contributed by atoms with Crippen LogP contribution >= 0.6 is 0 Å². The molecular weight excluding hydrogens is 210 g/mol. The van der Waals surface area contributed by atoms with Crippen LogP contribution in [0.2, 0.25) is 0 Å². The Balaban J connectivity index is 1.79. The van der Waals surface area contributed by atoms with Gasteiger partial charge in [-0.3, -0.25) is 4.90 Å². The molecule has 2 saturated heterocycles. The second-order valence-corrected chi connectivity index (χ2v) is 5.42. The van der Waals surface area contributed by atoms with E-state index in [0.29, 0.717) is 12.3 Å². The molecule has 0 amide bonds. The van der Waals surface area contributed by atoms with E-state index in [0.717, 1.165) is 12.5 Å². The highest BCUT2D eigenvalue weighted by Gasteiger charge is 2.36. The molecule has 2 fully saturated rings. The zero-order chi connectivity index (χ0) is 11.7. The zero-order valence-corrected chi connectivity index (χ0v) is 10.5. The lowest BCUT2D eigenvalue weighted by Crippen LogP contribution is -2.31. The molecule has 0 bridgehead atoms. The third-order valence-corrected chi connectivity index (χ3v) is 4.19. The van der Waals surface area contributed by atoms with E-state index in [4.69, 9.17) is 4.74 Å². The lowest BCUT2D eigenvalue weighted by atomic mass is 10.0. The second kappa shape index (κ2) is 4.79. The van der Waals surface area contributed by atoms with Crippen molar-refractivity contribution in [3.63, 3.8) is 0 Å². The van der Waals surface area contributed by atoms with Crippen LogP contribution in [0.3, 0.4) is 0 Å².